The van der Waals surface area contributed by atoms with E-state index in [0.717, 1.165) is 4.88 Å². The van der Waals surface area contributed by atoms with E-state index in [-0.39, 0.29) is 36.4 Å². The fourth-order valence-corrected chi connectivity index (χ4v) is 2.95. The summed E-state index contributed by atoms with van der Waals surface area (Å²) in [6.45, 7) is 0.612. The fraction of sp³-hybridized carbons (Fsp3) is 0.368. The van der Waals surface area contributed by atoms with Gasteiger partial charge in [0.05, 0.1) is 27.9 Å². The Morgan fingerprint density at radius 3 is 2.28 bits per heavy atom. The van der Waals surface area contributed by atoms with Crippen LogP contribution in [0.3, 0.4) is 0 Å². The second-order valence-electron chi connectivity index (χ2n) is 5.92. The molecule has 0 aliphatic heterocycles. The number of aliphatic imine (C=N–C) groups is 1. The molecule has 0 aliphatic rings. The number of methoxy groups -OCH3 is 3. The average Bonchev–Trinajstić information content (AvgIpc) is 3.22. The second kappa shape index (κ2) is 12.4. The van der Waals surface area contributed by atoms with E-state index in [0.29, 0.717) is 35.4 Å². The molecule has 8 nitrogen and oxygen atoms in total. The van der Waals surface area contributed by atoms with E-state index < -0.39 is 0 Å². The molecule has 10 heteroatoms. The molecular formula is C19H27IN4O4S. The third-order valence-electron chi connectivity index (χ3n) is 3.81. The number of carbonyl (C=O) groups excluding carboxylic acids is 1. The lowest BCUT2D eigenvalue weighted by molar-refractivity contribution is -0.127. The largest absolute Gasteiger partial charge is 0.493 e. The summed E-state index contributed by atoms with van der Waals surface area (Å²) in [7, 11) is 8.06. The van der Waals surface area contributed by atoms with Gasteiger partial charge in [0, 0.05) is 36.8 Å². The minimum absolute atomic E-state index is 0. The van der Waals surface area contributed by atoms with E-state index in [9.17, 15) is 4.79 Å². The van der Waals surface area contributed by atoms with Crippen molar-refractivity contribution in [1.29, 1.82) is 0 Å². The van der Waals surface area contributed by atoms with Crippen molar-refractivity contribution in [3.05, 3.63) is 34.5 Å². The number of benzene rings is 1. The van der Waals surface area contributed by atoms with Crippen molar-refractivity contribution in [2.45, 2.75) is 6.54 Å². The molecule has 0 atom stereocenters. The molecule has 0 spiro atoms. The Kier molecular flexibility index (Phi) is 10.6. The highest BCUT2D eigenvalue weighted by atomic mass is 127. The van der Waals surface area contributed by atoms with Crippen LogP contribution in [0.2, 0.25) is 0 Å². The molecule has 0 fully saturated rings. The van der Waals surface area contributed by atoms with Crippen LogP contribution in [0.4, 0.5) is 5.69 Å². The molecule has 0 saturated carbocycles. The maximum absolute atomic E-state index is 11.9. The van der Waals surface area contributed by atoms with Crippen molar-refractivity contribution in [1.82, 2.24) is 10.2 Å². The highest BCUT2D eigenvalue weighted by Gasteiger charge is 2.14. The van der Waals surface area contributed by atoms with Crippen LogP contribution in [-0.4, -0.2) is 58.7 Å². The van der Waals surface area contributed by atoms with E-state index in [2.05, 4.69) is 15.6 Å². The predicted molar refractivity (Wildman–Crippen MR) is 127 cm³/mol. The van der Waals surface area contributed by atoms with Gasteiger partial charge in [0.1, 0.15) is 6.54 Å². The third-order valence-corrected chi connectivity index (χ3v) is 4.69. The number of amides is 1. The molecule has 1 heterocycles. The Morgan fingerprint density at radius 1 is 1.14 bits per heavy atom. The van der Waals surface area contributed by atoms with Gasteiger partial charge in [0.25, 0.3) is 0 Å². The highest BCUT2D eigenvalue weighted by molar-refractivity contribution is 14.0. The lowest BCUT2D eigenvalue weighted by Gasteiger charge is -2.17. The van der Waals surface area contributed by atoms with E-state index >= 15 is 0 Å². The highest BCUT2D eigenvalue weighted by Crippen LogP contribution is 2.39. The molecule has 0 aliphatic carbocycles. The molecule has 2 aromatic rings. The van der Waals surface area contributed by atoms with Crippen molar-refractivity contribution in [2.24, 2.45) is 4.99 Å². The summed E-state index contributed by atoms with van der Waals surface area (Å²) in [4.78, 5) is 19.0. The van der Waals surface area contributed by atoms with Crippen LogP contribution in [0.25, 0.3) is 0 Å². The molecule has 1 aromatic heterocycles. The summed E-state index contributed by atoms with van der Waals surface area (Å²) < 4.78 is 16.1. The van der Waals surface area contributed by atoms with Gasteiger partial charge in [-0.05, 0) is 11.4 Å². The number of hydrogen-bond acceptors (Lipinski definition) is 6. The van der Waals surface area contributed by atoms with Crippen LogP contribution in [0, 0.1) is 0 Å². The van der Waals surface area contributed by atoms with Gasteiger partial charge in [-0.15, -0.1) is 35.3 Å². The zero-order valence-corrected chi connectivity index (χ0v) is 20.3. The number of thiophene rings is 1. The average molecular weight is 534 g/mol. The van der Waals surface area contributed by atoms with Gasteiger partial charge in [-0.25, -0.2) is 4.99 Å². The number of hydrogen-bond donors (Lipinski definition) is 2. The standard InChI is InChI=1S/C19H26N4O4S.HI/c1-23(2)17(24)12-21-19(20-11-14-7-6-8-28-14)22-13-9-15(25-3)18(27-5)16(10-13)26-4;/h6-10H,11-12H2,1-5H3,(H2,20,21,22);1H. The maximum atomic E-state index is 11.9. The van der Waals surface area contributed by atoms with Gasteiger partial charge < -0.3 is 29.7 Å². The van der Waals surface area contributed by atoms with Crippen molar-refractivity contribution < 1.29 is 19.0 Å². The minimum Gasteiger partial charge on any atom is -0.493 e. The van der Waals surface area contributed by atoms with Gasteiger partial charge in [-0.3, -0.25) is 4.79 Å². The number of guanidine groups is 1. The Morgan fingerprint density at radius 2 is 1.79 bits per heavy atom. The monoisotopic (exact) mass is 534 g/mol. The molecule has 29 heavy (non-hydrogen) atoms. The number of anilines is 1. The summed E-state index contributed by atoms with van der Waals surface area (Å²) >= 11 is 1.64. The van der Waals surface area contributed by atoms with Crippen LogP contribution in [-0.2, 0) is 11.3 Å². The summed E-state index contributed by atoms with van der Waals surface area (Å²) in [6.07, 6.45) is 0. The molecule has 0 radical (unpaired) electrons. The SMILES string of the molecule is COc1cc(NC(=NCC(=O)N(C)C)NCc2cccs2)cc(OC)c1OC.I. The number of likely N-dealkylation sites (N-methyl/N-ethyl adjacent to an activating group) is 1. The molecule has 1 amide bonds. The zero-order chi connectivity index (χ0) is 20.5. The van der Waals surface area contributed by atoms with E-state index in [1.165, 1.54) is 4.90 Å². The van der Waals surface area contributed by atoms with Gasteiger partial charge in [0.2, 0.25) is 11.7 Å². The topological polar surface area (TPSA) is 84.4 Å². The first kappa shape index (κ1) is 24.8. The van der Waals surface area contributed by atoms with Crippen molar-refractivity contribution >= 4 is 52.9 Å². The van der Waals surface area contributed by atoms with Crippen LogP contribution < -0.4 is 24.8 Å². The quantitative estimate of drug-likeness (QED) is 0.308. The number of rotatable bonds is 8. The molecule has 0 unspecified atom stereocenters. The van der Waals surface area contributed by atoms with Crippen LogP contribution >= 0.6 is 35.3 Å². The lowest BCUT2D eigenvalue weighted by Crippen LogP contribution is -2.32. The van der Waals surface area contributed by atoms with Crippen molar-refractivity contribution in [3.63, 3.8) is 0 Å². The normalized spacial score (nSPS) is 10.6. The van der Waals surface area contributed by atoms with E-state index in [1.807, 2.05) is 17.5 Å². The third kappa shape index (κ3) is 7.28. The first-order chi connectivity index (χ1) is 13.5. The van der Waals surface area contributed by atoms with Gasteiger partial charge in [-0.1, -0.05) is 6.07 Å². The number of carbonyl (C=O) groups is 1. The number of nitrogens with one attached hydrogen (secondary N) is 2. The first-order valence-electron chi connectivity index (χ1n) is 8.56. The summed E-state index contributed by atoms with van der Waals surface area (Å²) in [5, 5.41) is 8.44. The molecule has 2 rings (SSSR count). The molecule has 2 N–H and O–H groups in total. The summed E-state index contributed by atoms with van der Waals surface area (Å²) in [6, 6.07) is 7.56. The van der Waals surface area contributed by atoms with Gasteiger partial charge in [0.15, 0.2) is 17.5 Å². The molecular weight excluding hydrogens is 507 g/mol. The smallest absolute Gasteiger partial charge is 0.243 e. The van der Waals surface area contributed by atoms with E-state index in [1.54, 1.807) is 58.9 Å². The number of halogens is 1. The van der Waals surface area contributed by atoms with Crippen molar-refractivity contribution in [3.8, 4) is 17.2 Å². The molecule has 1 aromatic carbocycles. The zero-order valence-electron chi connectivity index (χ0n) is 17.1. The minimum atomic E-state index is -0.0953. The number of ether oxygens (including phenoxy) is 3. The molecule has 0 saturated heterocycles. The molecule has 160 valence electrons. The van der Waals surface area contributed by atoms with E-state index in [4.69, 9.17) is 14.2 Å². The second-order valence-corrected chi connectivity index (χ2v) is 6.96. The Labute approximate surface area is 192 Å². The predicted octanol–water partition coefficient (Wildman–Crippen LogP) is 3.04. The van der Waals surface area contributed by atoms with Crippen LogP contribution in [0.1, 0.15) is 4.88 Å². The fourth-order valence-electron chi connectivity index (χ4n) is 2.30. The van der Waals surface area contributed by atoms with Crippen LogP contribution in [0.15, 0.2) is 34.6 Å². The number of nitrogens with zero attached hydrogens (tertiary/aromatic N) is 2. The van der Waals surface area contributed by atoms with Crippen LogP contribution in [0.5, 0.6) is 17.2 Å². The Balaban J connectivity index is 0.00000420. The summed E-state index contributed by atoms with van der Waals surface area (Å²) in [5.74, 6) is 1.92. The first-order valence-corrected chi connectivity index (χ1v) is 9.44. The van der Waals surface area contributed by atoms with Crippen molar-refractivity contribution in [2.75, 3.05) is 47.3 Å². The maximum Gasteiger partial charge on any atom is 0.243 e. The van der Waals surface area contributed by atoms with Gasteiger partial charge >= 0.3 is 0 Å². The van der Waals surface area contributed by atoms with Gasteiger partial charge in [-0.2, -0.15) is 0 Å². The Hall–Kier alpha value is -2.21. The molecule has 0 bridgehead atoms. The summed E-state index contributed by atoms with van der Waals surface area (Å²) in [5.41, 5.74) is 0.684. The lowest BCUT2D eigenvalue weighted by atomic mass is 10.2. The Bertz CT molecular complexity index is 788.